The number of piperazine rings is 1. The molecule has 2 aliphatic rings. The van der Waals surface area contributed by atoms with Gasteiger partial charge in [-0.15, -0.1) is 24.8 Å². The lowest BCUT2D eigenvalue weighted by Crippen LogP contribution is -2.50. The molecule has 0 spiro atoms. The number of nitrogens with zero attached hydrogens (tertiary/aromatic N) is 3. The number of anilines is 1. The van der Waals surface area contributed by atoms with Gasteiger partial charge in [0.1, 0.15) is 0 Å². The molecule has 2 aliphatic heterocycles. The summed E-state index contributed by atoms with van der Waals surface area (Å²) < 4.78 is 2.31. The highest BCUT2D eigenvalue weighted by Gasteiger charge is 2.26. The number of hydrogen-bond acceptors (Lipinski definition) is 3. The van der Waals surface area contributed by atoms with Gasteiger partial charge >= 0.3 is 0 Å². The summed E-state index contributed by atoms with van der Waals surface area (Å²) in [4.78, 5) is 17.1. The second-order valence-electron chi connectivity index (χ2n) is 8.31. The van der Waals surface area contributed by atoms with Crippen LogP contribution in [-0.4, -0.2) is 48.1 Å². The van der Waals surface area contributed by atoms with Crippen molar-refractivity contribution in [2.45, 2.75) is 19.4 Å². The van der Waals surface area contributed by atoms with E-state index in [0.717, 1.165) is 56.3 Å². The molecule has 5 rings (SSSR count). The number of hydrogen-bond donors (Lipinski definition) is 1. The average molecular weight is 496 g/mol. The lowest BCUT2D eigenvalue weighted by Gasteiger charge is -2.34. The highest BCUT2D eigenvalue weighted by molar-refractivity contribution is 6.30. The van der Waals surface area contributed by atoms with Gasteiger partial charge in [0.05, 0.1) is 12.1 Å². The number of nitrogens with one attached hydrogen (secondary N) is 1. The molecule has 0 radical (unpaired) electrons. The van der Waals surface area contributed by atoms with E-state index in [1.807, 2.05) is 17.0 Å². The van der Waals surface area contributed by atoms with Crippen LogP contribution in [0.25, 0.3) is 10.9 Å². The molecule has 1 fully saturated rings. The van der Waals surface area contributed by atoms with Crippen LogP contribution in [0.3, 0.4) is 0 Å². The zero-order valence-corrected chi connectivity index (χ0v) is 20.5. The van der Waals surface area contributed by atoms with Crippen molar-refractivity contribution in [2.75, 3.05) is 37.6 Å². The van der Waals surface area contributed by atoms with E-state index < -0.39 is 0 Å². The second kappa shape index (κ2) is 10.4. The van der Waals surface area contributed by atoms with Crippen LogP contribution in [0.2, 0.25) is 5.02 Å². The minimum absolute atomic E-state index is 0. The van der Waals surface area contributed by atoms with Crippen LogP contribution >= 0.6 is 36.4 Å². The van der Waals surface area contributed by atoms with Crippen molar-refractivity contribution in [3.05, 3.63) is 64.3 Å². The first-order chi connectivity index (χ1) is 14.6. The van der Waals surface area contributed by atoms with Crippen LogP contribution in [0, 0.1) is 0 Å². The lowest BCUT2D eigenvalue weighted by molar-refractivity contribution is -0.121. The molecule has 32 heavy (non-hydrogen) atoms. The monoisotopic (exact) mass is 494 g/mol. The van der Waals surface area contributed by atoms with Crippen LogP contribution in [0.15, 0.2) is 42.5 Å². The third-order valence-electron chi connectivity index (χ3n) is 6.50. The van der Waals surface area contributed by atoms with Crippen LogP contribution < -0.4 is 10.2 Å². The van der Waals surface area contributed by atoms with Crippen LogP contribution in [0.4, 0.5) is 5.69 Å². The quantitative estimate of drug-likeness (QED) is 0.589. The molecule has 0 atom stereocenters. The molecule has 1 amide bonds. The fourth-order valence-electron chi connectivity index (χ4n) is 4.78. The van der Waals surface area contributed by atoms with E-state index in [0.29, 0.717) is 6.54 Å². The Morgan fingerprint density at radius 2 is 1.84 bits per heavy atom. The zero-order valence-electron chi connectivity index (χ0n) is 18.1. The molecule has 3 heterocycles. The minimum Gasteiger partial charge on any atom is -0.347 e. The summed E-state index contributed by atoms with van der Waals surface area (Å²) in [5.41, 5.74) is 6.31. The van der Waals surface area contributed by atoms with Crippen molar-refractivity contribution in [1.29, 1.82) is 0 Å². The maximum Gasteiger partial charge on any atom is 0.241 e. The minimum atomic E-state index is 0. The number of carbonyl (C=O) groups is 1. The van der Waals surface area contributed by atoms with E-state index in [9.17, 15) is 4.79 Å². The first-order valence-corrected chi connectivity index (χ1v) is 11.1. The Morgan fingerprint density at radius 3 is 2.59 bits per heavy atom. The first-order valence-electron chi connectivity index (χ1n) is 10.7. The Morgan fingerprint density at radius 1 is 1.06 bits per heavy atom. The predicted octanol–water partition coefficient (Wildman–Crippen LogP) is 4.21. The smallest absolute Gasteiger partial charge is 0.241 e. The van der Waals surface area contributed by atoms with Gasteiger partial charge in [-0.05, 0) is 41.8 Å². The van der Waals surface area contributed by atoms with Gasteiger partial charge in [0.15, 0.2) is 0 Å². The van der Waals surface area contributed by atoms with Crippen molar-refractivity contribution < 1.29 is 4.79 Å². The maximum atomic E-state index is 12.9. The van der Waals surface area contributed by atoms with Crippen LogP contribution in [0.1, 0.15) is 16.8 Å². The third-order valence-corrected chi connectivity index (χ3v) is 6.75. The van der Waals surface area contributed by atoms with E-state index in [1.165, 1.54) is 27.7 Å². The number of aromatic nitrogens is 1. The number of rotatable bonds is 4. The number of fused-ring (bicyclic) bond motifs is 3. The molecule has 1 aromatic heterocycles. The van der Waals surface area contributed by atoms with Crippen molar-refractivity contribution in [2.24, 2.45) is 7.05 Å². The molecule has 0 unspecified atom stereocenters. The highest BCUT2D eigenvalue weighted by atomic mass is 35.5. The fraction of sp³-hybridized carbons (Fsp3) is 0.375. The predicted molar refractivity (Wildman–Crippen MR) is 137 cm³/mol. The van der Waals surface area contributed by atoms with Crippen molar-refractivity contribution >= 4 is 58.9 Å². The molecule has 5 nitrogen and oxygen atoms in total. The van der Waals surface area contributed by atoms with Crippen molar-refractivity contribution in [1.82, 2.24) is 14.8 Å². The number of amides is 1. The largest absolute Gasteiger partial charge is 0.347 e. The van der Waals surface area contributed by atoms with E-state index >= 15 is 0 Å². The highest BCUT2D eigenvalue weighted by Crippen LogP contribution is 2.31. The molecule has 8 heteroatoms. The Kier molecular flexibility index (Phi) is 8.12. The number of benzene rings is 2. The summed E-state index contributed by atoms with van der Waals surface area (Å²) in [5, 5.41) is 5.54. The molecule has 1 saturated heterocycles. The Balaban J connectivity index is 0.00000144. The topological polar surface area (TPSA) is 40.5 Å². The van der Waals surface area contributed by atoms with Gasteiger partial charge in [-0.25, -0.2) is 0 Å². The second-order valence-corrected chi connectivity index (χ2v) is 8.75. The van der Waals surface area contributed by atoms with Crippen LogP contribution in [0.5, 0.6) is 0 Å². The summed E-state index contributed by atoms with van der Waals surface area (Å²) in [7, 11) is 2.15. The molecule has 0 aliphatic carbocycles. The Hall–Kier alpha value is -1.76. The summed E-state index contributed by atoms with van der Waals surface area (Å²) in [5.74, 6) is 0.178. The van der Waals surface area contributed by atoms with E-state index in [-0.39, 0.29) is 30.7 Å². The number of carbonyl (C=O) groups excluding carboxylic acids is 1. The van der Waals surface area contributed by atoms with E-state index in [1.54, 1.807) is 0 Å². The van der Waals surface area contributed by atoms with Gasteiger partial charge in [0.2, 0.25) is 5.91 Å². The standard InChI is InChI=1S/C24H27ClN4O.2ClH/c1-27-22-8-10-26-15-21(22)20-7-6-19(14-23(20)27)29-13-12-28(16-24(29)30)11-9-17-2-4-18(25)5-3-17;;/h2-7,14,26H,8-13,15-16H2,1H3;2*1H. The average Bonchev–Trinajstić information content (AvgIpc) is 3.05. The summed E-state index contributed by atoms with van der Waals surface area (Å²) >= 11 is 5.96. The van der Waals surface area contributed by atoms with Crippen molar-refractivity contribution in [3.8, 4) is 0 Å². The number of aryl methyl sites for hydroxylation is 1. The third kappa shape index (κ3) is 4.78. The Labute approximate surface area is 206 Å². The first kappa shape index (κ1) is 24.9. The molecule has 3 aromatic rings. The number of halogens is 3. The molecule has 172 valence electrons. The van der Waals surface area contributed by atoms with E-state index in [2.05, 4.69) is 52.2 Å². The molecular weight excluding hydrogens is 467 g/mol. The van der Waals surface area contributed by atoms with Gasteiger partial charge < -0.3 is 14.8 Å². The molecular formula is C24H29Cl3N4O. The fourth-order valence-corrected chi connectivity index (χ4v) is 4.91. The zero-order chi connectivity index (χ0) is 20.7. The molecule has 0 saturated carbocycles. The maximum absolute atomic E-state index is 12.9. The Bertz CT molecular complexity index is 1100. The SMILES string of the molecule is Cl.Cl.Cn1c2c(c3ccc(N4CCN(CCc5ccc(Cl)cc5)CC4=O)cc31)CNCC2. The lowest BCUT2D eigenvalue weighted by atomic mass is 10.1. The van der Waals surface area contributed by atoms with E-state index in [4.69, 9.17) is 11.6 Å². The van der Waals surface area contributed by atoms with Crippen molar-refractivity contribution in [3.63, 3.8) is 0 Å². The molecule has 0 bridgehead atoms. The molecule has 1 N–H and O–H groups in total. The van der Waals surface area contributed by atoms with Crippen LogP contribution in [-0.2, 0) is 31.2 Å². The summed E-state index contributed by atoms with van der Waals surface area (Å²) in [6, 6.07) is 14.5. The van der Waals surface area contributed by atoms with Gasteiger partial charge in [0.25, 0.3) is 0 Å². The van der Waals surface area contributed by atoms with Gasteiger partial charge in [-0.2, -0.15) is 0 Å². The van der Waals surface area contributed by atoms with Gasteiger partial charge in [0, 0.05) is 68.0 Å². The van der Waals surface area contributed by atoms with Gasteiger partial charge in [-0.3, -0.25) is 9.69 Å². The van der Waals surface area contributed by atoms with Gasteiger partial charge in [-0.1, -0.05) is 29.8 Å². The summed E-state index contributed by atoms with van der Waals surface area (Å²) in [6.45, 7) is 4.94. The molecule has 2 aromatic carbocycles. The summed E-state index contributed by atoms with van der Waals surface area (Å²) in [6.07, 6.45) is 1.99. The normalized spacial score (nSPS) is 16.4.